The van der Waals surface area contributed by atoms with E-state index in [1.54, 1.807) is 6.20 Å². The third-order valence-corrected chi connectivity index (χ3v) is 5.62. The maximum absolute atomic E-state index is 12.5. The van der Waals surface area contributed by atoms with Crippen molar-refractivity contribution >= 4 is 23.4 Å². The average Bonchev–Trinajstić information content (AvgIpc) is 2.78. The van der Waals surface area contributed by atoms with Gasteiger partial charge in [-0.1, -0.05) is 31.5 Å². The van der Waals surface area contributed by atoms with Crippen LogP contribution >= 0.6 is 0 Å². The molecule has 1 amide bonds. The van der Waals surface area contributed by atoms with E-state index in [1.807, 2.05) is 43.3 Å². The average molecular weight is 495 g/mol. The largest absolute Gasteiger partial charge is 0.490 e. The van der Waals surface area contributed by atoms with Gasteiger partial charge in [0.1, 0.15) is 5.82 Å². The second kappa shape index (κ2) is 12.5. The zero-order chi connectivity index (χ0) is 26.2. The Morgan fingerprint density at radius 1 is 1.20 bits per heavy atom. The monoisotopic (exact) mass is 494 g/mol. The lowest BCUT2D eigenvalue weighted by Gasteiger charge is -2.38. The maximum Gasteiger partial charge on any atom is 0.490 e. The number of carboxylic acid groups (broad SMARTS) is 1. The minimum atomic E-state index is -5.08. The predicted octanol–water partition coefficient (Wildman–Crippen LogP) is 4.83. The van der Waals surface area contributed by atoms with E-state index in [1.165, 1.54) is 6.54 Å². The number of hydrogen-bond acceptors (Lipinski definition) is 5. The number of rotatable bonds is 6. The predicted molar refractivity (Wildman–Crippen MR) is 130 cm³/mol. The summed E-state index contributed by atoms with van der Waals surface area (Å²) >= 11 is 0. The minimum Gasteiger partial charge on any atom is -0.475 e. The zero-order valence-corrected chi connectivity index (χ0v) is 20.5. The topological polar surface area (TPSA) is 85.8 Å². The number of aryl methyl sites for hydroxylation is 1. The number of aromatic nitrogens is 1. The van der Waals surface area contributed by atoms with E-state index in [0.29, 0.717) is 17.5 Å². The minimum absolute atomic E-state index is 0.0921. The first kappa shape index (κ1) is 28.1. The number of pyridine rings is 1. The van der Waals surface area contributed by atoms with E-state index in [9.17, 15) is 18.0 Å². The first-order valence-corrected chi connectivity index (χ1v) is 11.5. The van der Waals surface area contributed by atoms with Crippen LogP contribution in [0.1, 0.15) is 42.6 Å². The first-order valence-electron chi connectivity index (χ1n) is 11.5. The number of halogens is 3. The van der Waals surface area contributed by atoms with E-state index in [0.717, 1.165) is 43.0 Å². The van der Waals surface area contributed by atoms with Crippen molar-refractivity contribution in [3.8, 4) is 0 Å². The molecule has 0 spiro atoms. The van der Waals surface area contributed by atoms with Crippen molar-refractivity contribution in [3.63, 3.8) is 0 Å². The van der Waals surface area contributed by atoms with Crippen molar-refractivity contribution in [1.82, 2.24) is 9.88 Å². The van der Waals surface area contributed by atoms with Gasteiger partial charge in [0.05, 0.1) is 0 Å². The molecule has 1 aromatic heterocycles. The van der Waals surface area contributed by atoms with Crippen LogP contribution in [0.3, 0.4) is 0 Å². The molecule has 0 aliphatic carbocycles. The molecule has 1 aromatic carbocycles. The molecule has 0 bridgehead atoms. The van der Waals surface area contributed by atoms with Crippen molar-refractivity contribution in [2.45, 2.75) is 45.8 Å². The van der Waals surface area contributed by atoms with Crippen LogP contribution in [0.4, 0.5) is 24.7 Å². The summed E-state index contributed by atoms with van der Waals surface area (Å²) in [6.45, 7) is 9.99. The molecule has 1 saturated heterocycles. The van der Waals surface area contributed by atoms with Gasteiger partial charge in [-0.25, -0.2) is 9.78 Å². The molecule has 0 atom stereocenters. The third kappa shape index (κ3) is 9.20. The van der Waals surface area contributed by atoms with Crippen molar-refractivity contribution in [2.24, 2.45) is 5.92 Å². The maximum atomic E-state index is 12.5. The van der Waals surface area contributed by atoms with Gasteiger partial charge in [-0.15, -0.1) is 0 Å². The number of likely N-dealkylation sites (tertiary alicyclic amines) is 1. The number of anilines is 2. The first-order chi connectivity index (χ1) is 16.4. The Kier molecular flexibility index (Phi) is 10.1. The Balaban J connectivity index is 0.000000540. The van der Waals surface area contributed by atoms with Crippen molar-refractivity contribution in [1.29, 1.82) is 0 Å². The molecular formula is C25H33F3N4O3. The quantitative estimate of drug-likeness (QED) is 0.598. The van der Waals surface area contributed by atoms with Crippen LogP contribution in [-0.4, -0.2) is 65.8 Å². The number of piperidine rings is 1. The van der Waals surface area contributed by atoms with Gasteiger partial charge in [0.15, 0.2) is 0 Å². The van der Waals surface area contributed by atoms with Gasteiger partial charge in [-0.3, -0.25) is 4.79 Å². The lowest BCUT2D eigenvalue weighted by molar-refractivity contribution is -0.192. The second-order valence-corrected chi connectivity index (χ2v) is 9.07. The van der Waals surface area contributed by atoms with Crippen LogP contribution in [-0.2, 0) is 4.79 Å². The highest BCUT2D eigenvalue weighted by atomic mass is 19.4. The molecule has 7 nitrogen and oxygen atoms in total. The van der Waals surface area contributed by atoms with Crippen molar-refractivity contribution < 1.29 is 27.9 Å². The fourth-order valence-corrected chi connectivity index (χ4v) is 3.87. The number of aliphatic carboxylic acids is 1. The molecule has 192 valence electrons. The summed E-state index contributed by atoms with van der Waals surface area (Å²) in [4.78, 5) is 30.8. The zero-order valence-electron chi connectivity index (χ0n) is 20.5. The standard InChI is InChI=1S/C23H32N4O.C2HF3O2/c1-17(2)16-27-12-9-21(10-13-27)26(4)22-15-20(8-11-24-22)25-23(28)19-7-5-6-18(3)14-19;3-2(4,5)1(6)7/h5-8,11,14-15,17,21H,9-10,12-13,16H2,1-4H3,(H,24,25,28);(H,6,7). The smallest absolute Gasteiger partial charge is 0.475 e. The summed E-state index contributed by atoms with van der Waals surface area (Å²) in [5, 5.41) is 10.1. The molecule has 2 N–H and O–H groups in total. The summed E-state index contributed by atoms with van der Waals surface area (Å²) in [5.74, 6) is -1.23. The lowest BCUT2D eigenvalue weighted by atomic mass is 10.0. The number of carboxylic acids is 1. The van der Waals surface area contributed by atoms with Crippen molar-refractivity contribution in [2.75, 3.05) is 36.9 Å². The Labute approximate surface area is 204 Å². The van der Waals surface area contributed by atoms with Crippen LogP contribution in [0, 0.1) is 12.8 Å². The Morgan fingerprint density at radius 3 is 2.37 bits per heavy atom. The molecule has 1 aliphatic heterocycles. The van der Waals surface area contributed by atoms with Crippen LogP contribution < -0.4 is 10.2 Å². The van der Waals surface area contributed by atoms with Crippen LogP contribution in [0.15, 0.2) is 42.6 Å². The summed E-state index contributed by atoms with van der Waals surface area (Å²) in [7, 11) is 2.11. The molecular weight excluding hydrogens is 461 g/mol. The van der Waals surface area contributed by atoms with Gasteiger partial charge in [-0.2, -0.15) is 13.2 Å². The molecule has 1 fully saturated rings. The van der Waals surface area contributed by atoms with Gasteiger partial charge in [0, 0.05) is 56.2 Å². The third-order valence-electron chi connectivity index (χ3n) is 5.62. The highest BCUT2D eigenvalue weighted by Gasteiger charge is 2.38. The fourth-order valence-electron chi connectivity index (χ4n) is 3.87. The molecule has 2 aromatic rings. The number of hydrogen-bond donors (Lipinski definition) is 2. The fraction of sp³-hybridized carbons (Fsp3) is 0.480. The number of carbonyl (C=O) groups is 2. The van der Waals surface area contributed by atoms with E-state index < -0.39 is 12.1 Å². The summed E-state index contributed by atoms with van der Waals surface area (Å²) in [6, 6.07) is 11.9. The number of nitrogens with one attached hydrogen (secondary N) is 1. The summed E-state index contributed by atoms with van der Waals surface area (Å²) in [5.41, 5.74) is 2.52. The van der Waals surface area contributed by atoms with Crippen LogP contribution in [0.25, 0.3) is 0 Å². The number of nitrogens with zero attached hydrogens (tertiary/aromatic N) is 3. The Hall–Kier alpha value is -3.14. The van der Waals surface area contributed by atoms with Crippen molar-refractivity contribution in [3.05, 3.63) is 53.7 Å². The second-order valence-electron chi connectivity index (χ2n) is 9.07. The molecule has 1 aliphatic rings. The number of amides is 1. The number of benzene rings is 1. The number of carbonyl (C=O) groups excluding carboxylic acids is 1. The number of alkyl halides is 3. The molecule has 10 heteroatoms. The Bertz CT molecular complexity index is 990. The Morgan fingerprint density at radius 2 is 1.83 bits per heavy atom. The van der Waals surface area contributed by atoms with Crippen LogP contribution in [0.2, 0.25) is 0 Å². The molecule has 0 saturated carbocycles. The SMILES string of the molecule is Cc1cccc(C(=O)Nc2ccnc(N(C)C3CCN(CC(C)C)CC3)c2)c1.O=C(O)C(F)(F)F. The molecule has 0 radical (unpaired) electrons. The van der Waals surface area contributed by atoms with Gasteiger partial charge in [-0.05, 0) is 43.9 Å². The molecule has 2 heterocycles. The molecule has 0 unspecified atom stereocenters. The molecule has 3 rings (SSSR count). The van der Waals surface area contributed by atoms with Gasteiger partial charge >= 0.3 is 12.1 Å². The van der Waals surface area contributed by atoms with Gasteiger partial charge in [0.2, 0.25) is 0 Å². The van der Waals surface area contributed by atoms with E-state index in [2.05, 4.69) is 41.0 Å². The van der Waals surface area contributed by atoms with Gasteiger partial charge < -0.3 is 20.2 Å². The lowest BCUT2D eigenvalue weighted by Crippen LogP contribution is -2.44. The van der Waals surface area contributed by atoms with E-state index >= 15 is 0 Å². The van der Waals surface area contributed by atoms with Gasteiger partial charge in [0.25, 0.3) is 5.91 Å². The normalized spacial score (nSPS) is 14.7. The molecule has 35 heavy (non-hydrogen) atoms. The van der Waals surface area contributed by atoms with E-state index in [-0.39, 0.29) is 5.91 Å². The highest BCUT2D eigenvalue weighted by Crippen LogP contribution is 2.23. The summed E-state index contributed by atoms with van der Waals surface area (Å²) in [6.07, 6.45) is -1.03. The summed E-state index contributed by atoms with van der Waals surface area (Å²) < 4.78 is 31.7. The van der Waals surface area contributed by atoms with Crippen LogP contribution in [0.5, 0.6) is 0 Å². The van der Waals surface area contributed by atoms with E-state index in [4.69, 9.17) is 9.90 Å². The highest BCUT2D eigenvalue weighted by molar-refractivity contribution is 6.04.